The number of nitrogens with zero attached hydrogens (tertiary/aromatic N) is 2. The fourth-order valence-corrected chi connectivity index (χ4v) is 3.58. The Bertz CT molecular complexity index is 1190. The summed E-state index contributed by atoms with van der Waals surface area (Å²) in [6.45, 7) is 4.92. The van der Waals surface area contributed by atoms with Gasteiger partial charge in [-0.05, 0) is 73.1 Å². The molecule has 2 amide bonds. The van der Waals surface area contributed by atoms with Crippen LogP contribution >= 0.6 is 0 Å². The molecule has 1 aliphatic carbocycles. The predicted molar refractivity (Wildman–Crippen MR) is 128 cm³/mol. The number of carbonyl (C=O) groups excluding carboxylic acids is 2. The Kier molecular flexibility index (Phi) is 6.98. The Morgan fingerprint density at radius 3 is 2.67 bits per heavy atom. The van der Waals surface area contributed by atoms with Crippen molar-refractivity contribution in [2.75, 3.05) is 11.9 Å². The van der Waals surface area contributed by atoms with Crippen LogP contribution in [-0.2, 0) is 0 Å². The molecular formula is C26H29N5O2. The number of hydrogen-bond acceptors (Lipinski definition) is 4. The third kappa shape index (κ3) is 5.94. The minimum Gasteiger partial charge on any atom is -0.355 e. The molecule has 0 bridgehead atoms. The van der Waals surface area contributed by atoms with E-state index in [1.807, 2.05) is 36.4 Å². The summed E-state index contributed by atoms with van der Waals surface area (Å²) in [5.41, 5.74) is 4.10. The van der Waals surface area contributed by atoms with Gasteiger partial charge >= 0.3 is 0 Å². The van der Waals surface area contributed by atoms with Crippen molar-refractivity contribution in [3.8, 4) is 0 Å². The fraction of sp³-hybridized carbons (Fsp3) is 0.308. The van der Waals surface area contributed by atoms with Gasteiger partial charge in [-0.1, -0.05) is 26.0 Å². The van der Waals surface area contributed by atoms with Crippen molar-refractivity contribution >= 4 is 23.2 Å². The van der Waals surface area contributed by atoms with Crippen LogP contribution in [0.2, 0.25) is 0 Å². The first-order valence-corrected chi connectivity index (χ1v) is 11.4. The quantitative estimate of drug-likeness (QED) is 0.476. The lowest BCUT2D eigenvalue weighted by Crippen LogP contribution is -2.26. The molecule has 1 heterocycles. The molecule has 170 valence electrons. The number of rotatable bonds is 8. The first-order chi connectivity index (χ1) is 16.0. The van der Waals surface area contributed by atoms with Crippen LogP contribution < -0.4 is 16.3 Å². The Balaban J connectivity index is 1.57. The molecule has 0 atom stereocenters. The molecule has 1 saturated carbocycles. The number of carbonyl (C=O) groups is 2. The van der Waals surface area contributed by atoms with Crippen molar-refractivity contribution in [2.45, 2.75) is 39.0 Å². The maximum absolute atomic E-state index is 12.8. The summed E-state index contributed by atoms with van der Waals surface area (Å²) in [5.74, 6) is 0.490. The highest BCUT2D eigenvalue weighted by molar-refractivity contribution is 6.00. The SMILES string of the molecule is CC(C)CCNC(=O)c1ccccc1Nc1ccc(C(=O)N=c2nccc[nH]2)cc1C1CC1. The monoisotopic (exact) mass is 443 g/mol. The standard InChI is InChI=1S/C26H29N5O2/c1-17(2)12-15-27-25(33)20-6-3-4-7-22(20)30-23-11-10-19(16-21(23)18-8-9-18)24(32)31-26-28-13-5-14-29-26/h3-7,10-11,13-14,16-18,30H,8-9,12,15H2,1-2H3,(H,27,33)(H,28,29,31,32). The van der Waals surface area contributed by atoms with E-state index < -0.39 is 0 Å². The molecule has 3 N–H and O–H groups in total. The van der Waals surface area contributed by atoms with Crippen molar-refractivity contribution in [1.29, 1.82) is 0 Å². The number of aromatic amines is 1. The Morgan fingerprint density at radius 1 is 1.12 bits per heavy atom. The largest absolute Gasteiger partial charge is 0.355 e. The van der Waals surface area contributed by atoms with Gasteiger partial charge in [-0.15, -0.1) is 0 Å². The van der Waals surface area contributed by atoms with E-state index in [9.17, 15) is 9.59 Å². The van der Waals surface area contributed by atoms with Crippen LogP contribution in [0, 0.1) is 5.92 Å². The van der Waals surface area contributed by atoms with Crippen molar-refractivity contribution < 1.29 is 9.59 Å². The minimum atomic E-state index is -0.344. The highest BCUT2D eigenvalue weighted by Crippen LogP contribution is 2.44. The second-order valence-corrected chi connectivity index (χ2v) is 8.71. The summed E-state index contributed by atoms with van der Waals surface area (Å²) in [6.07, 6.45) is 6.35. The number of H-pyrrole nitrogens is 1. The van der Waals surface area contributed by atoms with Gasteiger partial charge < -0.3 is 15.6 Å². The van der Waals surface area contributed by atoms with Gasteiger partial charge in [0.2, 0.25) is 5.62 Å². The van der Waals surface area contributed by atoms with Crippen LogP contribution in [0.4, 0.5) is 11.4 Å². The molecule has 0 unspecified atom stereocenters. The zero-order valence-electron chi connectivity index (χ0n) is 19.0. The number of anilines is 2. The lowest BCUT2D eigenvalue weighted by atomic mass is 10.0. The van der Waals surface area contributed by atoms with E-state index in [4.69, 9.17) is 0 Å². The molecule has 7 heteroatoms. The Morgan fingerprint density at radius 2 is 1.94 bits per heavy atom. The van der Waals surface area contributed by atoms with E-state index in [0.717, 1.165) is 36.2 Å². The van der Waals surface area contributed by atoms with Crippen molar-refractivity contribution in [3.63, 3.8) is 0 Å². The molecule has 33 heavy (non-hydrogen) atoms. The van der Waals surface area contributed by atoms with Gasteiger partial charge in [0.25, 0.3) is 11.8 Å². The summed E-state index contributed by atoms with van der Waals surface area (Å²) < 4.78 is 0. The van der Waals surface area contributed by atoms with Gasteiger partial charge in [0.05, 0.1) is 11.3 Å². The number of aromatic nitrogens is 2. The second kappa shape index (κ2) is 10.3. The Hall–Kier alpha value is -3.74. The zero-order chi connectivity index (χ0) is 23.2. The summed E-state index contributed by atoms with van der Waals surface area (Å²) in [4.78, 5) is 36.4. The molecule has 3 aromatic rings. The first-order valence-electron chi connectivity index (χ1n) is 11.4. The maximum Gasteiger partial charge on any atom is 0.280 e. The average Bonchev–Trinajstić information content (AvgIpc) is 3.65. The number of benzene rings is 2. The van der Waals surface area contributed by atoms with E-state index in [1.165, 1.54) is 0 Å². The molecule has 1 aliphatic rings. The molecular weight excluding hydrogens is 414 g/mol. The van der Waals surface area contributed by atoms with Crippen LogP contribution in [0.1, 0.15) is 65.3 Å². The van der Waals surface area contributed by atoms with Gasteiger partial charge in [-0.2, -0.15) is 4.99 Å². The molecule has 2 aromatic carbocycles. The lowest BCUT2D eigenvalue weighted by molar-refractivity contribution is 0.0951. The normalized spacial score (nSPS) is 13.7. The van der Waals surface area contributed by atoms with Gasteiger partial charge in [0, 0.05) is 30.2 Å². The third-order valence-electron chi connectivity index (χ3n) is 5.56. The van der Waals surface area contributed by atoms with E-state index in [1.54, 1.807) is 24.5 Å². The summed E-state index contributed by atoms with van der Waals surface area (Å²) >= 11 is 0. The van der Waals surface area contributed by atoms with Crippen LogP contribution in [0.25, 0.3) is 0 Å². The zero-order valence-corrected chi connectivity index (χ0v) is 19.0. The van der Waals surface area contributed by atoms with Gasteiger partial charge in [0.1, 0.15) is 0 Å². The van der Waals surface area contributed by atoms with E-state index in [-0.39, 0.29) is 17.4 Å². The smallest absolute Gasteiger partial charge is 0.280 e. The maximum atomic E-state index is 12.8. The van der Waals surface area contributed by atoms with Crippen molar-refractivity contribution in [2.24, 2.45) is 10.9 Å². The summed E-state index contributed by atoms with van der Waals surface area (Å²) in [7, 11) is 0. The highest BCUT2D eigenvalue weighted by Gasteiger charge is 2.27. The number of amides is 2. The third-order valence-corrected chi connectivity index (χ3v) is 5.56. The lowest BCUT2D eigenvalue weighted by Gasteiger charge is -2.16. The van der Waals surface area contributed by atoms with Gasteiger partial charge in [-0.3, -0.25) is 9.59 Å². The number of para-hydroxylation sites is 1. The van der Waals surface area contributed by atoms with E-state index in [2.05, 4.69) is 39.4 Å². The molecule has 1 fully saturated rings. The summed E-state index contributed by atoms with van der Waals surface area (Å²) in [5, 5.41) is 6.45. The first kappa shape index (κ1) is 22.5. The molecule has 0 aliphatic heterocycles. The van der Waals surface area contributed by atoms with Gasteiger partial charge in [-0.25, -0.2) is 4.98 Å². The van der Waals surface area contributed by atoms with Gasteiger partial charge in [0.15, 0.2) is 0 Å². The minimum absolute atomic E-state index is 0.0936. The molecule has 4 rings (SSSR count). The Labute approximate surface area is 193 Å². The number of hydrogen-bond donors (Lipinski definition) is 3. The molecule has 0 saturated heterocycles. The fourth-order valence-electron chi connectivity index (χ4n) is 3.58. The van der Waals surface area contributed by atoms with Crippen LogP contribution in [0.3, 0.4) is 0 Å². The second-order valence-electron chi connectivity index (χ2n) is 8.71. The van der Waals surface area contributed by atoms with Crippen molar-refractivity contribution in [3.05, 3.63) is 83.2 Å². The van der Waals surface area contributed by atoms with Crippen LogP contribution in [-0.4, -0.2) is 28.3 Å². The highest BCUT2D eigenvalue weighted by atomic mass is 16.2. The molecule has 7 nitrogen and oxygen atoms in total. The van der Waals surface area contributed by atoms with Crippen LogP contribution in [0.15, 0.2) is 65.9 Å². The molecule has 1 aromatic heterocycles. The molecule has 0 spiro atoms. The van der Waals surface area contributed by atoms with E-state index in [0.29, 0.717) is 29.5 Å². The summed E-state index contributed by atoms with van der Waals surface area (Å²) in [6, 6.07) is 14.8. The average molecular weight is 444 g/mol. The van der Waals surface area contributed by atoms with E-state index >= 15 is 0 Å². The van der Waals surface area contributed by atoms with Crippen LogP contribution in [0.5, 0.6) is 0 Å². The predicted octanol–water partition coefficient (Wildman–Crippen LogP) is 4.55. The molecule has 0 radical (unpaired) electrons. The number of nitrogens with one attached hydrogen (secondary N) is 3. The van der Waals surface area contributed by atoms with Crippen molar-refractivity contribution in [1.82, 2.24) is 15.3 Å². The topological polar surface area (TPSA) is 99.2 Å².